The molecule has 0 radical (unpaired) electrons. The smallest absolute Gasteiger partial charge is 0.159 e. The van der Waals surface area contributed by atoms with Crippen LogP contribution in [0.3, 0.4) is 0 Å². The van der Waals surface area contributed by atoms with E-state index in [4.69, 9.17) is 8.83 Å². The normalized spacial score (nSPS) is 12.9. The number of allylic oxidation sites excluding steroid dienone is 4. The highest BCUT2D eigenvalue weighted by atomic mass is 16.3. The van der Waals surface area contributed by atoms with Crippen LogP contribution in [0.25, 0.3) is 76.2 Å². The summed E-state index contributed by atoms with van der Waals surface area (Å²) in [6.45, 7) is 24.3. The fraction of sp³-hybridized carbons (Fsp3) is 0.200. The molecule has 0 unspecified atom stereocenters. The Morgan fingerprint density at radius 3 is 1.49 bits per heavy atom. The van der Waals surface area contributed by atoms with Crippen molar-refractivity contribution >= 4 is 105 Å². The summed E-state index contributed by atoms with van der Waals surface area (Å²) in [7, 11) is 0. The van der Waals surface area contributed by atoms with E-state index in [2.05, 4.69) is 236 Å². The molecule has 11 rings (SSSR count). The first kappa shape index (κ1) is 44.0. The van der Waals surface area contributed by atoms with Gasteiger partial charge in [-0.1, -0.05) is 181 Å². The number of benzene rings is 9. The van der Waals surface area contributed by atoms with Crippen LogP contribution in [0, 0.1) is 6.92 Å². The number of hydrogen-bond acceptors (Lipinski definition) is 4. The first-order chi connectivity index (χ1) is 33.3. The first-order valence-electron chi connectivity index (χ1n) is 24.6. The molecule has 11 aromatic rings. The van der Waals surface area contributed by atoms with E-state index < -0.39 is 0 Å². The van der Waals surface area contributed by atoms with Crippen LogP contribution in [0.2, 0.25) is 0 Å². The van der Waals surface area contributed by atoms with E-state index >= 15 is 0 Å². The molecule has 9 aromatic carbocycles. The number of rotatable bonds is 12. The molecule has 69 heavy (non-hydrogen) atoms. The summed E-state index contributed by atoms with van der Waals surface area (Å²) in [6, 6.07) is 53.7. The van der Waals surface area contributed by atoms with Crippen LogP contribution >= 0.6 is 0 Å². The fourth-order valence-electron chi connectivity index (χ4n) is 10.6. The summed E-state index contributed by atoms with van der Waals surface area (Å²) >= 11 is 0. The predicted molar refractivity (Wildman–Crippen MR) is 297 cm³/mol. The van der Waals surface area contributed by atoms with Crippen molar-refractivity contribution in [1.82, 2.24) is 0 Å². The average molecular weight is 901 g/mol. The van der Waals surface area contributed by atoms with Gasteiger partial charge in [-0.05, 0) is 108 Å². The maximum Gasteiger partial charge on any atom is 0.159 e. The largest absolute Gasteiger partial charge is 0.454 e. The molecule has 0 aliphatic rings. The molecule has 0 amide bonds. The van der Waals surface area contributed by atoms with Gasteiger partial charge in [-0.15, -0.1) is 0 Å². The van der Waals surface area contributed by atoms with Crippen LogP contribution in [0.15, 0.2) is 191 Å². The van der Waals surface area contributed by atoms with Crippen LogP contribution in [-0.4, -0.2) is 0 Å². The zero-order valence-corrected chi connectivity index (χ0v) is 41.4. The Bertz CT molecular complexity index is 3870. The third kappa shape index (κ3) is 7.02. The van der Waals surface area contributed by atoms with Gasteiger partial charge in [-0.25, -0.2) is 0 Å². The maximum absolute atomic E-state index is 7.14. The van der Waals surface area contributed by atoms with E-state index in [9.17, 15) is 0 Å². The van der Waals surface area contributed by atoms with Gasteiger partial charge in [0.1, 0.15) is 11.2 Å². The zero-order valence-electron chi connectivity index (χ0n) is 41.4. The standard InChI is InChI=1S/C65H60N2O2/c1-11-44(33-26-40(4)5)66(56-24-16-20-48-46-18-14-22-52(64(7,8)12-2)60(46)68-62(48)56)54-38-31-42-30-37-51-55(39-32-43-29-36-50(54)58(42)59(43)51)67(45-34-27-41(6)28-35-45)57-25-17-21-49-47-19-15-23-53(65(9,10)13-3)61(47)69-63(49)57/h11,14-39H,4,12-13H2,1-3,5-10H3/b33-26-,44-11+. The molecule has 0 aliphatic carbocycles. The number of hydrogen-bond donors (Lipinski definition) is 0. The Morgan fingerprint density at radius 2 is 0.971 bits per heavy atom. The van der Waals surface area contributed by atoms with E-state index in [-0.39, 0.29) is 10.8 Å². The van der Waals surface area contributed by atoms with Crippen molar-refractivity contribution in [3.05, 3.63) is 198 Å². The quantitative estimate of drug-likeness (QED) is 0.0903. The number of aryl methyl sites for hydroxylation is 1. The predicted octanol–water partition coefficient (Wildman–Crippen LogP) is 19.7. The lowest BCUT2D eigenvalue weighted by Gasteiger charge is -2.30. The molecule has 0 aliphatic heterocycles. The summed E-state index contributed by atoms with van der Waals surface area (Å²) < 4.78 is 14.3. The van der Waals surface area contributed by atoms with Crippen molar-refractivity contribution in [2.45, 2.75) is 86.0 Å². The Hall–Kier alpha value is -7.56. The van der Waals surface area contributed by atoms with E-state index in [1.165, 1.54) is 38.2 Å². The van der Waals surface area contributed by atoms with E-state index in [0.29, 0.717) is 0 Å². The van der Waals surface area contributed by atoms with Gasteiger partial charge in [0.25, 0.3) is 0 Å². The molecule has 0 atom stereocenters. The Balaban J connectivity index is 1.18. The lowest BCUT2D eigenvalue weighted by Crippen LogP contribution is -2.16. The molecule has 4 heteroatoms. The van der Waals surface area contributed by atoms with Crippen molar-refractivity contribution < 1.29 is 8.83 Å². The number of furan rings is 2. The molecule has 0 bridgehead atoms. The lowest BCUT2D eigenvalue weighted by molar-refractivity contribution is 0.500. The highest BCUT2D eigenvalue weighted by Crippen LogP contribution is 2.51. The van der Waals surface area contributed by atoms with Crippen molar-refractivity contribution in [1.29, 1.82) is 0 Å². The summed E-state index contributed by atoms with van der Waals surface area (Å²) in [5.41, 5.74) is 14.4. The van der Waals surface area contributed by atoms with Crippen LogP contribution in [0.5, 0.6) is 0 Å². The second kappa shape index (κ2) is 16.6. The van der Waals surface area contributed by atoms with Gasteiger partial charge < -0.3 is 18.6 Å². The van der Waals surface area contributed by atoms with Crippen molar-refractivity contribution in [2.24, 2.45) is 0 Å². The molecule has 2 aromatic heterocycles. The third-order valence-electron chi connectivity index (χ3n) is 15.2. The van der Waals surface area contributed by atoms with Gasteiger partial charge in [0.05, 0.1) is 22.7 Å². The zero-order chi connectivity index (χ0) is 47.9. The van der Waals surface area contributed by atoms with Gasteiger partial charge in [0.2, 0.25) is 0 Å². The van der Waals surface area contributed by atoms with E-state index in [1.54, 1.807) is 0 Å². The molecule has 4 nitrogen and oxygen atoms in total. The third-order valence-corrected chi connectivity index (χ3v) is 15.2. The van der Waals surface area contributed by atoms with Crippen molar-refractivity contribution in [2.75, 3.05) is 9.80 Å². The number of anilines is 5. The second-order valence-corrected chi connectivity index (χ2v) is 20.3. The van der Waals surface area contributed by atoms with Gasteiger partial charge in [0.15, 0.2) is 11.2 Å². The highest BCUT2D eigenvalue weighted by molar-refractivity contribution is 6.28. The van der Waals surface area contributed by atoms with Crippen LogP contribution in [-0.2, 0) is 10.8 Å². The molecular formula is C65H60N2O2. The fourth-order valence-corrected chi connectivity index (χ4v) is 10.6. The highest BCUT2D eigenvalue weighted by Gasteiger charge is 2.29. The molecule has 2 heterocycles. The minimum absolute atomic E-state index is 0.0484. The number of fused-ring (bicyclic) bond motifs is 6. The summed E-state index contributed by atoms with van der Waals surface area (Å²) in [5.74, 6) is 0. The minimum Gasteiger partial charge on any atom is -0.454 e. The Kier molecular flexibility index (Phi) is 10.6. The van der Waals surface area contributed by atoms with E-state index in [1.807, 2.05) is 6.92 Å². The molecule has 0 spiro atoms. The SMILES string of the molecule is C=C(C)/C=C\C(=C/C)N(c1ccc2ccc3c(N(c4ccc(C)cc4)c4cccc5c4oc4c(C(C)(C)CC)cccc45)ccc4ccc1c2c43)c1cccc2c1oc1c(C(C)(C)CC)cccc12. The molecule has 0 saturated carbocycles. The molecular weight excluding hydrogens is 841 g/mol. The van der Waals surface area contributed by atoms with Gasteiger partial charge in [-0.3, -0.25) is 0 Å². The summed E-state index contributed by atoms with van der Waals surface area (Å²) in [4.78, 5) is 4.79. The number of nitrogens with zero attached hydrogens (tertiary/aromatic N) is 2. The van der Waals surface area contributed by atoms with Crippen LogP contribution in [0.4, 0.5) is 28.4 Å². The first-order valence-corrected chi connectivity index (χ1v) is 24.6. The Labute approximate surface area is 405 Å². The number of para-hydroxylation sites is 4. The molecule has 0 N–H and O–H groups in total. The molecule has 0 saturated heterocycles. The van der Waals surface area contributed by atoms with Crippen LogP contribution < -0.4 is 9.80 Å². The minimum atomic E-state index is -0.0557. The van der Waals surface area contributed by atoms with Crippen LogP contribution in [0.1, 0.15) is 84.9 Å². The van der Waals surface area contributed by atoms with Gasteiger partial charge in [-0.2, -0.15) is 0 Å². The molecule has 0 fully saturated rings. The summed E-state index contributed by atoms with van der Waals surface area (Å²) in [6.07, 6.45) is 8.46. The second-order valence-electron chi connectivity index (χ2n) is 20.3. The van der Waals surface area contributed by atoms with Gasteiger partial charge in [0, 0.05) is 54.8 Å². The van der Waals surface area contributed by atoms with E-state index in [0.717, 1.165) is 107 Å². The van der Waals surface area contributed by atoms with Gasteiger partial charge >= 0.3 is 0 Å². The van der Waals surface area contributed by atoms with Crippen molar-refractivity contribution in [3.63, 3.8) is 0 Å². The Morgan fingerprint density at radius 1 is 0.507 bits per heavy atom. The monoisotopic (exact) mass is 900 g/mol. The molecule has 342 valence electrons. The van der Waals surface area contributed by atoms with Crippen molar-refractivity contribution in [3.8, 4) is 0 Å². The average Bonchev–Trinajstić information content (AvgIpc) is 3.95. The summed E-state index contributed by atoms with van der Waals surface area (Å²) in [5, 5.41) is 11.6. The topological polar surface area (TPSA) is 32.8 Å². The maximum atomic E-state index is 7.14. The lowest BCUT2D eigenvalue weighted by atomic mass is 9.81.